The van der Waals surface area contributed by atoms with Crippen LogP contribution in [0.3, 0.4) is 0 Å². The summed E-state index contributed by atoms with van der Waals surface area (Å²) in [7, 11) is 0. The number of H-pyrrole nitrogens is 1. The van der Waals surface area contributed by atoms with Crippen molar-refractivity contribution in [3.8, 4) is 0 Å². The number of aryl methyl sites for hydroxylation is 1. The predicted octanol–water partition coefficient (Wildman–Crippen LogP) is 1.47. The van der Waals surface area contributed by atoms with E-state index < -0.39 is 0 Å². The lowest BCUT2D eigenvalue weighted by Gasteiger charge is -2.28. The molecule has 1 aromatic carbocycles. The van der Waals surface area contributed by atoms with E-state index in [0.29, 0.717) is 12.5 Å². The molecular formula is C23H35N4O2S+. The SMILES string of the molecule is Cc1cccc2cc(CN(CCC[NH+]3CCOCC3)C(=S)NCC(C)C)c(=O)[nH]c12. The number of rotatable bonds is 8. The number of para-hydroxylation sites is 1. The van der Waals surface area contributed by atoms with Crippen molar-refractivity contribution in [1.82, 2.24) is 15.2 Å². The number of benzene rings is 1. The Balaban J connectivity index is 1.72. The molecule has 0 bridgehead atoms. The Morgan fingerprint density at radius 3 is 2.83 bits per heavy atom. The largest absolute Gasteiger partial charge is 0.370 e. The van der Waals surface area contributed by atoms with Gasteiger partial charge in [-0.15, -0.1) is 0 Å². The van der Waals surface area contributed by atoms with Crippen LogP contribution in [0, 0.1) is 12.8 Å². The highest BCUT2D eigenvalue weighted by molar-refractivity contribution is 7.80. The predicted molar refractivity (Wildman–Crippen MR) is 126 cm³/mol. The first-order valence-electron chi connectivity index (χ1n) is 11.0. The monoisotopic (exact) mass is 431 g/mol. The van der Waals surface area contributed by atoms with Crippen LogP contribution < -0.4 is 15.8 Å². The molecule has 1 aliphatic heterocycles. The van der Waals surface area contributed by atoms with Gasteiger partial charge in [0.05, 0.1) is 31.8 Å². The number of nitrogens with zero attached hydrogens (tertiary/aromatic N) is 1. The average molecular weight is 432 g/mol. The number of nitrogens with one attached hydrogen (secondary N) is 3. The number of quaternary nitrogens is 1. The van der Waals surface area contributed by atoms with Gasteiger partial charge in [-0.2, -0.15) is 0 Å². The standard InChI is InChI=1S/C23H34N4O2S/c1-17(2)15-24-23(30)27(9-5-8-26-10-12-29-13-11-26)16-20-14-19-7-4-6-18(3)21(19)25-22(20)28/h4,6-7,14,17H,5,8-13,15-16H2,1-3H3,(H,24,30)(H,25,28)/p+1. The lowest BCUT2D eigenvalue weighted by atomic mass is 10.1. The third kappa shape index (κ3) is 6.27. The Morgan fingerprint density at radius 1 is 1.33 bits per heavy atom. The smallest absolute Gasteiger partial charge is 0.253 e. The Labute approximate surface area is 184 Å². The Kier molecular flexibility index (Phi) is 8.24. The molecule has 0 amide bonds. The molecule has 1 fully saturated rings. The second kappa shape index (κ2) is 10.9. The van der Waals surface area contributed by atoms with Gasteiger partial charge in [-0.3, -0.25) is 4.79 Å². The molecule has 0 unspecified atom stereocenters. The van der Waals surface area contributed by atoms with Crippen LogP contribution in [0.4, 0.5) is 0 Å². The van der Waals surface area contributed by atoms with E-state index in [-0.39, 0.29) is 5.56 Å². The zero-order valence-corrected chi connectivity index (χ0v) is 19.2. The van der Waals surface area contributed by atoms with Crippen molar-refractivity contribution in [3.05, 3.63) is 45.7 Å². The number of pyridine rings is 1. The van der Waals surface area contributed by atoms with Gasteiger partial charge in [0.15, 0.2) is 5.11 Å². The minimum Gasteiger partial charge on any atom is -0.370 e. The van der Waals surface area contributed by atoms with E-state index in [1.807, 2.05) is 31.2 Å². The topological polar surface area (TPSA) is 61.8 Å². The van der Waals surface area contributed by atoms with Crippen molar-refractivity contribution in [2.75, 3.05) is 45.9 Å². The first-order chi connectivity index (χ1) is 14.4. The van der Waals surface area contributed by atoms with Gasteiger partial charge in [-0.1, -0.05) is 32.0 Å². The molecule has 0 spiro atoms. The van der Waals surface area contributed by atoms with E-state index in [1.54, 1.807) is 4.90 Å². The van der Waals surface area contributed by atoms with E-state index in [1.165, 1.54) is 0 Å². The molecular weight excluding hydrogens is 396 g/mol. The second-order valence-corrected chi connectivity index (χ2v) is 9.02. The number of morpholine rings is 1. The van der Waals surface area contributed by atoms with Gasteiger partial charge >= 0.3 is 0 Å². The number of fused-ring (bicyclic) bond motifs is 1. The van der Waals surface area contributed by atoms with Gasteiger partial charge in [-0.25, -0.2) is 0 Å². The summed E-state index contributed by atoms with van der Waals surface area (Å²) in [5.41, 5.74) is 2.71. The maximum absolute atomic E-state index is 12.8. The quantitative estimate of drug-likeness (QED) is 0.553. The van der Waals surface area contributed by atoms with Crippen molar-refractivity contribution in [3.63, 3.8) is 0 Å². The summed E-state index contributed by atoms with van der Waals surface area (Å²) in [6.45, 7) is 13.5. The fraction of sp³-hybridized carbons (Fsp3) is 0.565. The molecule has 6 nitrogen and oxygen atoms in total. The third-order valence-corrected chi connectivity index (χ3v) is 6.04. The number of hydrogen-bond donors (Lipinski definition) is 3. The summed E-state index contributed by atoms with van der Waals surface area (Å²) >= 11 is 5.70. The normalized spacial score (nSPS) is 14.9. The van der Waals surface area contributed by atoms with Gasteiger partial charge in [0.25, 0.3) is 5.56 Å². The van der Waals surface area contributed by atoms with E-state index in [0.717, 1.165) is 79.5 Å². The molecule has 0 aliphatic carbocycles. The highest BCUT2D eigenvalue weighted by Gasteiger charge is 2.17. The number of hydrogen-bond acceptors (Lipinski definition) is 3. The van der Waals surface area contributed by atoms with Gasteiger partial charge < -0.3 is 24.8 Å². The van der Waals surface area contributed by atoms with Crippen molar-refractivity contribution in [2.24, 2.45) is 5.92 Å². The van der Waals surface area contributed by atoms with Gasteiger partial charge in [0.1, 0.15) is 13.1 Å². The van der Waals surface area contributed by atoms with Crippen LogP contribution in [0.25, 0.3) is 10.9 Å². The maximum Gasteiger partial charge on any atom is 0.253 e. The van der Waals surface area contributed by atoms with Crippen LogP contribution in [0.15, 0.2) is 29.1 Å². The zero-order valence-electron chi connectivity index (χ0n) is 18.4. The molecule has 164 valence electrons. The highest BCUT2D eigenvalue weighted by Crippen LogP contribution is 2.16. The van der Waals surface area contributed by atoms with Crippen molar-refractivity contribution in [2.45, 2.75) is 33.7 Å². The van der Waals surface area contributed by atoms with Crippen LogP contribution in [0.2, 0.25) is 0 Å². The first-order valence-corrected chi connectivity index (χ1v) is 11.4. The third-order valence-electron chi connectivity index (χ3n) is 5.63. The van der Waals surface area contributed by atoms with E-state index in [4.69, 9.17) is 17.0 Å². The van der Waals surface area contributed by atoms with Crippen LogP contribution in [-0.2, 0) is 11.3 Å². The second-order valence-electron chi connectivity index (χ2n) is 8.63. The van der Waals surface area contributed by atoms with Gasteiger partial charge in [0, 0.05) is 25.1 Å². The summed E-state index contributed by atoms with van der Waals surface area (Å²) in [6.07, 6.45) is 1.03. The molecule has 3 N–H and O–H groups in total. The molecule has 2 heterocycles. The molecule has 7 heteroatoms. The number of thiocarbonyl (C=S) groups is 1. The Hall–Kier alpha value is -1.96. The number of ether oxygens (including phenoxy) is 1. The molecule has 0 radical (unpaired) electrons. The molecule has 2 aromatic rings. The molecule has 0 saturated carbocycles. The van der Waals surface area contributed by atoms with Crippen LogP contribution >= 0.6 is 12.2 Å². The molecule has 1 saturated heterocycles. The summed E-state index contributed by atoms with van der Waals surface area (Å²) in [5, 5.41) is 5.16. The molecule has 0 atom stereocenters. The van der Waals surface area contributed by atoms with E-state index in [9.17, 15) is 4.79 Å². The van der Waals surface area contributed by atoms with E-state index >= 15 is 0 Å². The molecule has 3 rings (SSSR count). The van der Waals surface area contributed by atoms with Gasteiger partial charge in [-0.05, 0) is 42.1 Å². The summed E-state index contributed by atoms with van der Waals surface area (Å²) in [6, 6.07) is 8.09. The van der Waals surface area contributed by atoms with Crippen LogP contribution in [0.1, 0.15) is 31.4 Å². The zero-order chi connectivity index (χ0) is 21.5. The fourth-order valence-corrected chi connectivity index (χ4v) is 4.08. The lowest BCUT2D eigenvalue weighted by Crippen LogP contribution is -3.14. The fourth-order valence-electron chi connectivity index (χ4n) is 3.84. The summed E-state index contributed by atoms with van der Waals surface area (Å²) < 4.78 is 5.46. The molecule has 1 aromatic heterocycles. The minimum absolute atomic E-state index is 0.0349. The molecule has 30 heavy (non-hydrogen) atoms. The van der Waals surface area contributed by atoms with Crippen molar-refractivity contribution >= 4 is 28.2 Å². The summed E-state index contributed by atoms with van der Waals surface area (Å²) in [5.74, 6) is 0.509. The Morgan fingerprint density at radius 2 is 2.10 bits per heavy atom. The van der Waals surface area contributed by atoms with Crippen LogP contribution in [0.5, 0.6) is 0 Å². The number of aromatic nitrogens is 1. The van der Waals surface area contributed by atoms with Gasteiger partial charge in [0.2, 0.25) is 0 Å². The number of aromatic amines is 1. The van der Waals surface area contributed by atoms with Crippen molar-refractivity contribution < 1.29 is 9.64 Å². The van der Waals surface area contributed by atoms with E-state index in [2.05, 4.69) is 29.0 Å². The maximum atomic E-state index is 12.8. The highest BCUT2D eigenvalue weighted by atomic mass is 32.1. The lowest BCUT2D eigenvalue weighted by molar-refractivity contribution is -0.908. The molecule has 1 aliphatic rings. The minimum atomic E-state index is -0.0349. The first kappa shape index (κ1) is 22.7. The Bertz CT molecular complexity index is 906. The van der Waals surface area contributed by atoms with Crippen molar-refractivity contribution in [1.29, 1.82) is 0 Å². The average Bonchev–Trinajstić information content (AvgIpc) is 2.73. The summed E-state index contributed by atoms with van der Waals surface area (Å²) in [4.78, 5) is 19.6. The van der Waals surface area contributed by atoms with Crippen LogP contribution in [-0.4, -0.2) is 60.9 Å².